The van der Waals surface area contributed by atoms with E-state index in [2.05, 4.69) is 4.98 Å². The number of hydrogen-bond donors (Lipinski definition) is 1. The number of hydrogen-bond acceptors (Lipinski definition) is 4. The van der Waals surface area contributed by atoms with E-state index in [1.165, 1.54) is 12.1 Å². The van der Waals surface area contributed by atoms with Gasteiger partial charge in [-0.3, -0.25) is 0 Å². The minimum absolute atomic E-state index is 0.126. The zero-order valence-corrected chi connectivity index (χ0v) is 10.5. The van der Waals surface area contributed by atoms with Gasteiger partial charge in [0, 0.05) is 0 Å². The van der Waals surface area contributed by atoms with Gasteiger partial charge in [0.25, 0.3) is 0 Å². The number of carboxylic acid groups (broad SMARTS) is 1. The molecule has 0 bridgehead atoms. The van der Waals surface area contributed by atoms with Gasteiger partial charge in [0.2, 0.25) is 5.89 Å². The molecule has 1 N–H and O–H groups in total. The maximum atomic E-state index is 10.9. The molecule has 2 aromatic rings. The number of carbonyl (C=O) groups is 1. The molecular formula is C14H12N2O3. The molecule has 0 atom stereocenters. The molecule has 96 valence electrons. The molecule has 1 aromatic heterocycles. The third kappa shape index (κ3) is 2.63. The molecule has 0 amide bonds. The molecule has 2 rings (SSSR count). The molecule has 5 heteroatoms. The first-order valence-corrected chi connectivity index (χ1v) is 5.77. The van der Waals surface area contributed by atoms with Crippen molar-refractivity contribution in [2.45, 2.75) is 13.8 Å². The van der Waals surface area contributed by atoms with Gasteiger partial charge in [-0.05, 0) is 24.1 Å². The van der Waals surface area contributed by atoms with E-state index in [9.17, 15) is 4.79 Å². The van der Waals surface area contributed by atoms with E-state index >= 15 is 0 Å². The number of carboxylic acids is 1. The topological polar surface area (TPSA) is 87.1 Å². The van der Waals surface area contributed by atoms with E-state index < -0.39 is 5.97 Å². The Hall–Kier alpha value is -2.61. The van der Waals surface area contributed by atoms with Crippen molar-refractivity contribution in [3.63, 3.8) is 0 Å². The first-order valence-electron chi connectivity index (χ1n) is 5.77. The van der Waals surface area contributed by atoms with Crippen LogP contribution in [0.3, 0.4) is 0 Å². The van der Waals surface area contributed by atoms with Crippen LogP contribution in [0.4, 0.5) is 0 Å². The molecule has 0 unspecified atom stereocenters. The predicted molar refractivity (Wildman–Crippen MR) is 69.4 cm³/mol. The minimum atomic E-state index is -1.03. The summed E-state index contributed by atoms with van der Waals surface area (Å²) in [5.74, 6) is -0.619. The molecule has 0 spiro atoms. The predicted octanol–water partition coefficient (Wildman–Crippen LogP) is 3.09. The fraction of sp³-hybridized carbons (Fsp3) is 0.214. The highest BCUT2D eigenvalue weighted by molar-refractivity contribution is 5.92. The number of fused-ring (bicyclic) bond motifs is 1. The molecular weight excluding hydrogens is 244 g/mol. The van der Waals surface area contributed by atoms with Gasteiger partial charge >= 0.3 is 5.97 Å². The van der Waals surface area contributed by atoms with Gasteiger partial charge in [0.05, 0.1) is 5.56 Å². The molecule has 0 aliphatic heterocycles. The van der Waals surface area contributed by atoms with E-state index in [0.717, 1.165) is 0 Å². The number of benzene rings is 1. The summed E-state index contributed by atoms with van der Waals surface area (Å²) in [6.45, 7) is 3.89. The zero-order valence-electron chi connectivity index (χ0n) is 10.5. The Morgan fingerprint density at radius 3 is 2.84 bits per heavy atom. The lowest BCUT2D eigenvalue weighted by Gasteiger charge is -1.95. The number of aromatic carboxylic acids is 1. The van der Waals surface area contributed by atoms with Gasteiger partial charge < -0.3 is 9.52 Å². The van der Waals surface area contributed by atoms with Crippen LogP contribution in [0.5, 0.6) is 0 Å². The summed E-state index contributed by atoms with van der Waals surface area (Å²) in [6, 6.07) is 6.46. The molecule has 0 aliphatic carbocycles. The molecule has 0 saturated carbocycles. The van der Waals surface area contributed by atoms with Crippen molar-refractivity contribution in [3.8, 4) is 6.07 Å². The SMILES string of the molecule is CC(C)/C=C(\C#N)c1nc2ccc(C(=O)O)cc2o1. The Balaban J connectivity index is 2.53. The highest BCUT2D eigenvalue weighted by atomic mass is 16.4. The van der Waals surface area contributed by atoms with Crippen molar-refractivity contribution in [1.29, 1.82) is 5.26 Å². The van der Waals surface area contributed by atoms with Crippen molar-refractivity contribution in [2.24, 2.45) is 5.92 Å². The average molecular weight is 256 g/mol. The largest absolute Gasteiger partial charge is 0.478 e. The smallest absolute Gasteiger partial charge is 0.335 e. The summed E-state index contributed by atoms with van der Waals surface area (Å²) in [5, 5.41) is 18.0. The van der Waals surface area contributed by atoms with Crippen LogP contribution < -0.4 is 0 Å². The van der Waals surface area contributed by atoms with Crippen LogP contribution in [0.25, 0.3) is 16.7 Å². The summed E-state index contributed by atoms with van der Waals surface area (Å²) < 4.78 is 5.45. The van der Waals surface area contributed by atoms with Crippen molar-refractivity contribution in [1.82, 2.24) is 4.98 Å². The third-order valence-electron chi connectivity index (χ3n) is 2.49. The molecule has 0 saturated heterocycles. The highest BCUT2D eigenvalue weighted by Crippen LogP contribution is 2.22. The van der Waals surface area contributed by atoms with Gasteiger partial charge in [-0.25, -0.2) is 9.78 Å². The van der Waals surface area contributed by atoms with Crippen LogP contribution in [-0.2, 0) is 0 Å². The van der Waals surface area contributed by atoms with Gasteiger partial charge in [-0.1, -0.05) is 19.9 Å². The lowest BCUT2D eigenvalue weighted by molar-refractivity contribution is 0.0697. The minimum Gasteiger partial charge on any atom is -0.478 e. The van der Waals surface area contributed by atoms with Crippen molar-refractivity contribution < 1.29 is 14.3 Å². The maximum absolute atomic E-state index is 10.9. The summed E-state index contributed by atoms with van der Waals surface area (Å²) >= 11 is 0. The second-order valence-electron chi connectivity index (χ2n) is 4.44. The number of nitrogens with zero attached hydrogens (tertiary/aromatic N) is 2. The van der Waals surface area contributed by atoms with Crippen LogP contribution in [0.2, 0.25) is 0 Å². The lowest BCUT2D eigenvalue weighted by Crippen LogP contribution is -1.94. The van der Waals surface area contributed by atoms with E-state index in [4.69, 9.17) is 14.8 Å². The van der Waals surface area contributed by atoms with Crippen molar-refractivity contribution in [3.05, 3.63) is 35.7 Å². The summed E-state index contributed by atoms with van der Waals surface area (Å²) in [6.07, 6.45) is 1.75. The van der Waals surface area contributed by atoms with E-state index in [1.54, 1.807) is 12.1 Å². The number of aromatic nitrogens is 1. The van der Waals surface area contributed by atoms with Crippen LogP contribution in [0.15, 0.2) is 28.7 Å². The molecule has 5 nitrogen and oxygen atoms in total. The van der Waals surface area contributed by atoms with Gasteiger partial charge in [0.15, 0.2) is 5.58 Å². The standard InChI is InChI=1S/C14H12N2O3/c1-8(2)5-10(7-15)13-16-11-4-3-9(14(17)18)6-12(11)19-13/h3-6,8H,1-2H3,(H,17,18)/b10-5+. The molecule has 0 radical (unpaired) electrons. The Morgan fingerprint density at radius 1 is 1.53 bits per heavy atom. The first-order chi connectivity index (χ1) is 9.01. The zero-order chi connectivity index (χ0) is 14.0. The average Bonchev–Trinajstić information content (AvgIpc) is 2.77. The normalized spacial score (nSPS) is 11.8. The molecule has 19 heavy (non-hydrogen) atoms. The monoisotopic (exact) mass is 256 g/mol. The number of oxazole rings is 1. The Bertz CT molecular complexity index is 705. The Labute approximate surface area is 109 Å². The number of nitriles is 1. The molecule has 0 fully saturated rings. The summed E-state index contributed by atoms with van der Waals surface area (Å²) in [4.78, 5) is 15.0. The summed E-state index contributed by atoms with van der Waals surface area (Å²) in [7, 11) is 0. The molecule has 1 heterocycles. The molecule has 1 aromatic carbocycles. The quantitative estimate of drug-likeness (QED) is 0.852. The van der Waals surface area contributed by atoms with Crippen molar-refractivity contribution in [2.75, 3.05) is 0 Å². The van der Waals surface area contributed by atoms with Gasteiger partial charge in [-0.15, -0.1) is 0 Å². The van der Waals surface area contributed by atoms with E-state index in [1.807, 2.05) is 19.9 Å². The van der Waals surface area contributed by atoms with Gasteiger partial charge in [0.1, 0.15) is 17.2 Å². The third-order valence-corrected chi connectivity index (χ3v) is 2.49. The summed E-state index contributed by atoms with van der Waals surface area (Å²) in [5.41, 5.74) is 1.37. The highest BCUT2D eigenvalue weighted by Gasteiger charge is 2.13. The van der Waals surface area contributed by atoms with E-state index in [0.29, 0.717) is 16.7 Å². The van der Waals surface area contributed by atoms with Crippen molar-refractivity contribution >= 4 is 22.6 Å². The maximum Gasteiger partial charge on any atom is 0.335 e. The lowest BCUT2D eigenvalue weighted by atomic mass is 10.1. The second kappa shape index (κ2) is 4.94. The Kier molecular flexibility index (Phi) is 3.34. The number of rotatable bonds is 3. The fourth-order valence-corrected chi connectivity index (χ4v) is 1.66. The first kappa shape index (κ1) is 12.8. The molecule has 0 aliphatic rings. The van der Waals surface area contributed by atoms with Crippen LogP contribution in [0, 0.1) is 17.2 Å². The van der Waals surface area contributed by atoms with Crippen LogP contribution in [-0.4, -0.2) is 16.1 Å². The van der Waals surface area contributed by atoms with Crippen LogP contribution >= 0.6 is 0 Å². The van der Waals surface area contributed by atoms with Gasteiger partial charge in [-0.2, -0.15) is 5.26 Å². The second-order valence-corrected chi connectivity index (χ2v) is 4.44. The Morgan fingerprint density at radius 2 is 2.26 bits per heavy atom. The van der Waals surface area contributed by atoms with E-state index in [-0.39, 0.29) is 17.4 Å². The van der Waals surface area contributed by atoms with Crippen LogP contribution in [0.1, 0.15) is 30.1 Å². The number of allylic oxidation sites excluding steroid dienone is 2. The fourth-order valence-electron chi connectivity index (χ4n) is 1.66.